The van der Waals surface area contributed by atoms with Gasteiger partial charge in [0, 0.05) is 39.7 Å². The van der Waals surface area contributed by atoms with E-state index in [1.54, 1.807) is 27.9 Å². The van der Waals surface area contributed by atoms with Crippen molar-refractivity contribution in [2.75, 3.05) is 27.9 Å². The number of hydrogen-bond donors (Lipinski definition) is 2. The van der Waals surface area contributed by atoms with E-state index in [-0.39, 0.29) is 55.3 Å². The second-order valence-corrected chi connectivity index (χ2v) is 17.0. The van der Waals surface area contributed by atoms with E-state index >= 15 is 0 Å². The zero-order chi connectivity index (χ0) is 41.5. The minimum Gasteiger partial charge on any atom is -0.456 e. The number of piperidine rings is 1. The van der Waals surface area contributed by atoms with Gasteiger partial charge >= 0.3 is 5.97 Å². The highest BCUT2D eigenvalue weighted by molar-refractivity contribution is 6.39. The molecule has 2 bridgehead atoms. The van der Waals surface area contributed by atoms with E-state index in [2.05, 4.69) is 0 Å². The Kier molecular flexibility index (Phi) is 16.6. The van der Waals surface area contributed by atoms with Crippen LogP contribution < -0.4 is 0 Å². The van der Waals surface area contributed by atoms with E-state index < -0.39 is 77.8 Å². The zero-order valence-electron chi connectivity index (χ0n) is 35.0. The Bertz CT molecular complexity index is 1480. The molecule has 0 aromatic carbocycles. The van der Waals surface area contributed by atoms with Gasteiger partial charge in [-0.25, -0.2) is 4.79 Å². The number of amides is 1. The molecule has 2 N–H and O–H groups in total. The van der Waals surface area contributed by atoms with Crippen LogP contribution in [-0.2, 0) is 47.7 Å². The van der Waals surface area contributed by atoms with Crippen LogP contribution >= 0.6 is 0 Å². The van der Waals surface area contributed by atoms with E-state index in [9.17, 15) is 34.2 Å². The molecule has 1 amide bonds. The second-order valence-electron chi connectivity index (χ2n) is 17.0. The fraction of sp³-hybridized carbons (Fsp3) is 0.791. The van der Waals surface area contributed by atoms with Crippen LogP contribution in [0.15, 0.2) is 23.3 Å². The van der Waals surface area contributed by atoms with Crippen LogP contribution in [0.3, 0.4) is 0 Å². The summed E-state index contributed by atoms with van der Waals surface area (Å²) in [6.07, 6.45) is 4.24. The SMILES string of the molecule is CC[C@@H]1/C=C(/C)C[C@@H](C)C[C@H](OC)[C@H]2O[C@@](O)(C(=O)C(=O)N3CCCC[C@H]3C(=O)O[C@H](/C(C)=C/[C@@H]3CC[C@@H](O)[C@H](OC)C3)[C@H](C)C(=O)CC1=O)[C@H](C)C[C@@H]2OC. The maximum absolute atomic E-state index is 14.2. The molecular formula is C43H67NO12. The predicted molar refractivity (Wildman–Crippen MR) is 207 cm³/mol. The maximum Gasteiger partial charge on any atom is 0.329 e. The smallest absolute Gasteiger partial charge is 0.329 e. The van der Waals surface area contributed by atoms with Gasteiger partial charge in [-0.05, 0) is 95.5 Å². The average molecular weight is 790 g/mol. The second kappa shape index (κ2) is 20.2. The van der Waals surface area contributed by atoms with Crippen molar-refractivity contribution in [1.29, 1.82) is 0 Å². The molecule has 1 saturated carbocycles. The predicted octanol–water partition coefficient (Wildman–Crippen LogP) is 4.68. The number of cyclic esters (lactones) is 1. The van der Waals surface area contributed by atoms with Gasteiger partial charge in [-0.1, -0.05) is 45.4 Å². The monoisotopic (exact) mass is 789 g/mol. The van der Waals surface area contributed by atoms with Crippen molar-refractivity contribution in [3.05, 3.63) is 23.3 Å². The summed E-state index contributed by atoms with van der Waals surface area (Å²) in [5.41, 5.74) is 1.57. The third kappa shape index (κ3) is 10.6. The van der Waals surface area contributed by atoms with E-state index in [1.165, 1.54) is 14.2 Å². The zero-order valence-corrected chi connectivity index (χ0v) is 35.0. The topological polar surface area (TPSA) is 175 Å². The molecule has 0 aromatic rings. The first kappa shape index (κ1) is 45.9. The molecule has 0 unspecified atom stereocenters. The molecular weight excluding hydrogens is 722 g/mol. The minimum absolute atomic E-state index is 0.0184. The van der Waals surface area contributed by atoms with Gasteiger partial charge < -0.3 is 38.8 Å². The van der Waals surface area contributed by atoms with E-state index in [0.717, 1.165) is 10.5 Å². The Labute approximate surface area is 332 Å². The standard InChI is InChI=1S/C43H67NO12/c1-10-30-18-24(2)17-25(3)19-36(53-8)39-37(54-9)21-27(5)43(51,56-39)40(48)41(49)44-16-12-11-13-31(44)42(50)55-38(28(6)33(46)23-34(30)47)26(4)20-29-14-15-32(45)35(22-29)52-7/h18,20,25,27-32,35-39,45,51H,10-17,19,21-23H2,1-9H3/b24-18-,26-20+/t25-,27-,28-,29+,30-,31+,32-,35-,36+,37+,38-,39-,43-/m1/s1. The molecule has 0 spiro atoms. The third-order valence-corrected chi connectivity index (χ3v) is 12.7. The minimum atomic E-state index is -2.51. The summed E-state index contributed by atoms with van der Waals surface area (Å²) < 4.78 is 29.6. The van der Waals surface area contributed by atoms with Gasteiger partial charge in [0.2, 0.25) is 5.79 Å². The first-order chi connectivity index (χ1) is 26.5. The highest BCUT2D eigenvalue weighted by Gasteiger charge is 2.56. The number of nitrogens with zero attached hydrogens (tertiary/aromatic N) is 1. The number of carbonyl (C=O) groups excluding carboxylic acids is 5. The first-order valence-electron chi connectivity index (χ1n) is 20.6. The molecule has 0 radical (unpaired) electrons. The van der Waals surface area contributed by atoms with Crippen molar-refractivity contribution >= 4 is 29.2 Å². The van der Waals surface area contributed by atoms with Gasteiger partial charge in [0.25, 0.3) is 11.7 Å². The molecule has 0 aromatic heterocycles. The first-order valence-corrected chi connectivity index (χ1v) is 20.6. The Morgan fingerprint density at radius 1 is 0.929 bits per heavy atom. The van der Waals surface area contributed by atoms with Crippen LogP contribution in [0.5, 0.6) is 0 Å². The van der Waals surface area contributed by atoms with E-state index in [0.29, 0.717) is 56.9 Å². The van der Waals surface area contributed by atoms with Crippen molar-refractivity contribution < 1.29 is 57.9 Å². The Morgan fingerprint density at radius 2 is 1.59 bits per heavy atom. The number of ketones is 3. The largest absolute Gasteiger partial charge is 0.456 e. The summed E-state index contributed by atoms with van der Waals surface area (Å²) in [7, 11) is 4.60. The van der Waals surface area contributed by atoms with Crippen molar-refractivity contribution in [2.24, 2.45) is 29.6 Å². The maximum atomic E-state index is 14.2. The van der Waals surface area contributed by atoms with Gasteiger partial charge in [0.1, 0.15) is 29.8 Å². The fourth-order valence-corrected chi connectivity index (χ4v) is 9.25. The number of hydrogen-bond acceptors (Lipinski definition) is 12. The number of Topliss-reactive ketones (excluding diaryl/α,β-unsaturated/α-hetero) is 3. The molecule has 13 heteroatoms. The van der Waals surface area contributed by atoms with Crippen molar-refractivity contribution in [1.82, 2.24) is 4.90 Å². The molecule has 316 valence electrons. The molecule has 1 aliphatic carbocycles. The summed E-state index contributed by atoms with van der Waals surface area (Å²) in [4.78, 5) is 71.5. The van der Waals surface area contributed by atoms with E-state index in [1.807, 2.05) is 32.9 Å². The fourth-order valence-electron chi connectivity index (χ4n) is 9.25. The van der Waals surface area contributed by atoms with Gasteiger partial charge in [0.05, 0.1) is 36.8 Å². The summed E-state index contributed by atoms with van der Waals surface area (Å²) in [6, 6.07) is -1.16. The van der Waals surface area contributed by atoms with Gasteiger partial charge in [0.15, 0.2) is 0 Å². The lowest BCUT2D eigenvalue weighted by molar-refractivity contribution is -0.302. The Morgan fingerprint density at radius 3 is 2.23 bits per heavy atom. The van der Waals surface area contributed by atoms with Crippen LogP contribution in [0.4, 0.5) is 0 Å². The summed E-state index contributed by atoms with van der Waals surface area (Å²) in [5.74, 6) is -8.37. The number of carbonyl (C=O) groups is 5. The quantitative estimate of drug-likeness (QED) is 0.165. The molecule has 3 fully saturated rings. The molecule has 56 heavy (non-hydrogen) atoms. The molecule has 2 saturated heterocycles. The Balaban J connectivity index is 1.77. The number of esters is 1. The van der Waals surface area contributed by atoms with Crippen LogP contribution in [0, 0.1) is 29.6 Å². The lowest BCUT2D eigenvalue weighted by Crippen LogP contribution is -2.64. The summed E-state index contributed by atoms with van der Waals surface area (Å²) >= 11 is 0. The van der Waals surface area contributed by atoms with Gasteiger partial charge in [-0.3, -0.25) is 19.2 Å². The average Bonchev–Trinajstić information content (AvgIpc) is 3.18. The number of ether oxygens (including phenoxy) is 5. The highest BCUT2D eigenvalue weighted by Crippen LogP contribution is 2.39. The van der Waals surface area contributed by atoms with Crippen molar-refractivity contribution in [3.8, 4) is 0 Å². The lowest BCUT2D eigenvalue weighted by Gasteiger charge is -2.47. The van der Waals surface area contributed by atoms with Crippen LogP contribution in [-0.4, -0.2) is 121 Å². The number of rotatable bonds is 6. The van der Waals surface area contributed by atoms with E-state index in [4.69, 9.17) is 23.7 Å². The van der Waals surface area contributed by atoms with Crippen molar-refractivity contribution in [3.63, 3.8) is 0 Å². The van der Waals surface area contributed by atoms with Crippen LogP contribution in [0.25, 0.3) is 0 Å². The number of methoxy groups -OCH3 is 3. The van der Waals surface area contributed by atoms with Gasteiger partial charge in [-0.15, -0.1) is 0 Å². The number of fused-ring (bicyclic) bond motifs is 3. The van der Waals surface area contributed by atoms with Gasteiger partial charge in [-0.2, -0.15) is 0 Å². The molecule has 3 aliphatic heterocycles. The summed E-state index contributed by atoms with van der Waals surface area (Å²) in [5, 5.41) is 22.4. The van der Waals surface area contributed by atoms with Crippen molar-refractivity contribution in [2.45, 2.75) is 161 Å². The molecule has 3 heterocycles. The Hall–Kier alpha value is -2.81. The molecule has 4 rings (SSSR count). The lowest BCUT2D eigenvalue weighted by atomic mass is 9.82. The number of allylic oxidation sites excluding steroid dienone is 3. The highest BCUT2D eigenvalue weighted by atomic mass is 16.7. The normalized spacial score (nSPS) is 40.3. The van der Waals surface area contributed by atoms with Crippen LogP contribution in [0.1, 0.15) is 112 Å². The molecule has 4 aliphatic rings. The number of aliphatic hydroxyl groups excluding tert-OH is 1. The molecule has 13 nitrogen and oxygen atoms in total. The van der Waals surface area contributed by atoms with Crippen LogP contribution in [0.2, 0.25) is 0 Å². The molecule has 13 atom stereocenters. The summed E-state index contributed by atoms with van der Waals surface area (Å²) in [6.45, 7) is 11.0. The number of aliphatic hydroxyl groups is 2. The third-order valence-electron chi connectivity index (χ3n) is 12.7.